The van der Waals surface area contributed by atoms with Crippen molar-refractivity contribution in [2.24, 2.45) is 5.92 Å². The van der Waals surface area contributed by atoms with E-state index in [0.29, 0.717) is 28.4 Å². The number of hydrogen-bond acceptors (Lipinski definition) is 5. The van der Waals surface area contributed by atoms with Crippen LogP contribution in [0.2, 0.25) is 5.02 Å². The first-order valence-corrected chi connectivity index (χ1v) is 13.4. The fourth-order valence-electron chi connectivity index (χ4n) is 3.92. The van der Waals surface area contributed by atoms with Crippen LogP contribution in [0.1, 0.15) is 62.5 Å². The Labute approximate surface area is 230 Å². The maximum Gasteiger partial charge on any atom is 0.255 e. The third-order valence-corrected chi connectivity index (χ3v) is 7.05. The summed E-state index contributed by atoms with van der Waals surface area (Å²) < 4.78 is 47.6. The van der Waals surface area contributed by atoms with Crippen molar-refractivity contribution in [2.45, 2.75) is 63.4 Å². The first-order chi connectivity index (χ1) is 18.0. The minimum absolute atomic E-state index is 0.127. The number of hydrogen-bond donors (Lipinski definition) is 3. The molecule has 0 saturated carbocycles. The Bertz CT molecular complexity index is 1200. The lowest BCUT2D eigenvalue weighted by Gasteiger charge is -2.32. The van der Waals surface area contributed by atoms with Gasteiger partial charge in [-0.05, 0) is 61.7 Å². The average molecular weight is 569 g/mol. The molecule has 3 aromatic rings. The van der Waals surface area contributed by atoms with E-state index in [9.17, 15) is 23.1 Å². The number of carbonyl (C=O) groups is 1. The van der Waals surface area contributed by atoms with Crippen molar-refractivity contribution < 1.29 is 27.6 Å². The second-order valence-electron chi connectivity index (χ2n) is 9.07. The zero-order chi connectivity index (χ0) is 28.3. The molecule has 1 aromatic heterocycles. The van der Waals surface area contributed by atoms with E-state index >= 15 is 0 Å². The van der Waals surface area contributed by atoms with Crippen molar-refractivity contribution in [1.82, 2.24) is 4.98 Å². The highest BCUT2D eigenvalue weighted by Gasteiger charge is 2.30. The van der Waals surface area contributed by atoms with Crippen LogP contribution in [-0.2, 0) is 6.42 Å². The Balaban J connectivity index is 0.000000269. The van der Waals surface area contributed by atoms with Crippen LogP contribution in [0.4, 0.5) is 18.9 Å². The number of halogens is 4. The second kappa shape index (κ2) is 15.1. The standard InChI is InChI=1S/C15H24FNO.C13H8ClF2NO2S/c1-4-6-7-12(5-2)15(3,18)10-14-9-8-13(16)11-17-14;14-9-3-1-7(5-12(9)20-19)13(18)17-8-2-4-10(15)11(16)6-8/h8-9,11-12,18H,4-7,10H2,1-3H3;1-6,19H,(H,17,18). The molecule has 2 atom stereocenters. The van der Waals surface area contributed by atoms with Gasteiger partial charge in [0.2, 0.25) is 0 Å². The van der Waals surface area contributed by atoms with Crippen LogP contribution in [0, 0.1) is 23.4 Å². The number of nitrogens with zero attached hydrogens (tertiary/aromatic N) is 1. The Morgan fingerprint density at radius 2 is 1.84 bits per heavy atom. The van der Waals surface area contributed by atoms with Gasteiger partial charge in [0.25, 0.3) is 5.91 Å². The van der Waals surface area contributed by atoms with Crippen LogP contribution >= 0.6 is 23.6 Å². The maximum atomic E-state index is 13.0. The van der Waals surface area contributed by atoms with E-state index in [-0.39, 0.29) is 23.0 Å². The molecule has 1 heterocycles. The average Bonchev–Trinajstić information content (AvgIpc) is 2.88. The van der Waals surface area contributed by atoms with Gasteiger partial charge in [-0.3, -0.25) is 9.78 Å². The normalized spacial score (nSPS) is 13.2. The molecule has 3 N–H and O–H groups in total. The van der Waals surface area contributed by atoms with E-state index in [1.165, 1.54) is 36.5 Å². The monoisotopic (exact) mass is 568 g/mol. The summed E-state index contributed by atoms with van der Waals surface area (Å²) in [6.07, 6.45) is 5.94. The van der Waals surface area contributed by atoms with Gasteiger partial charge in [0, 0.05) is 41.5 Å². The SMILES string of the molecule is CCCCC(CC)C(C)(O)Cc1ccc(F)cn1.O=C(Nc1ccc(F)c(F)c1)c1ccc(Cl)c(SO)c1. The number of aromatic nitrogens is 1. The summed E-state index contributed by atoms with van der Waals surface area (Å²) >= 11 is 6.21. The molecule has 38 heavy (non-hydrogen) atoms. The number of unbranched alkanes of at least 4 members (excludes halogenated alkanes) is 1. The molecular formula is C28H32ClF3N2O3S. The number of nitrogens with one attached hydrogen (secondary N) is 1. The number of rotatable bonds is 10. The smallest absolute Gasteiger partial charge is 0.255 e. The van der Waals surface area contributed by atoms with Gasteiger partial charge in [0.05, 0.1) is 21.7 Å². The van der Waals surface area contributed by atoms with Crippen LogP contribution in [0.15, 0.2) is 59.6 Å². The summed E-state index contributed by atoms with van der Waals surface area (Å²) in [6, 6.07) is 10.4. The van der Waals surface area contributed by atoms with Crippen molar-refractivity contribution in [3.05, 3.63) is 88.5 Å². The first kappa shape index (κ1) is 31.6. The molecule has 2 unspecified atom stereocenters. The lowest BCUT2D eigenvalue weighted by molar-refractivity contribution is -0.00771. The molecule has 3 rings (SSSR count). The highest BCUT2D eigenvalue weighted by Crippen LogP contribution is 2.29. The van der Waals surface area contributed by atoms with Crippen molar-refractivity contribution in [2.75, 3.05) is 5.32 Å². The molecule has 0 aliphatic carbocycles. The Kier molecular flexibility index (Phi) is 12.6. The van der Waals surface area contributed by atoms with Crippen LogP contribution in [0.5, 0.6) is 0 Å². The van der Waals surface area contributed by atoms with Crippen molar-refractivity contribution >= 4 is 35.2 Å². The second-order valence-corrected chi connectivity index (χ2v) is 10.1. The van der Waals surface area contributed by atoms with Gasteiger partial charge >= 0.3 is 0 Å². The van der Waals surface area contributed by atoms with E-state index in [1.54, 1.807) is 6.07 Å². The molecule has 0 aliphatic rings. The fourth-order valence-corrected chi connectivity index (χ4v) is 4.48. The van der Waals surface area contributed by atoms with Gasteiger partial charge in [-0.2, -0.15) is 0 Å². The summed E-state index contributed by atoms with van der Waals surface area (Å²) in [5.41, 5.74) is 0.337. The number of anilines is 1. The molecular weight excluding hydrogens is 537 g/mol. The Hall–Kier alpha value is -2.59. The highest BCUT2D eigenvalue weighted by atomic mass is 35.5. The summed E-state index contributed by atoms with van der Waals surface area (Å²) in [6.45, 7) is 6.12. The van der Waals surface area contributed by atoms with Gasteiger partial charge in [0.1, 0.15) is 5.82 Å². The summed E-state index contributed by atoms with van der Waals surface area (Å²) in [7, 11) is 0. The van der Waals surface area contributed by atoms with E-state index in [0.717, 1.165) is 43.5 Å². The van der Waals surface area contributed by atoms with Crippen molar-refractivity contribution in [1.29, 1.82) is 0 Å². The predicted octanol–water partition coefficient (Wildman–Crippen LogP) is 8.17. The number of carbonyl (C=O) groups excluding carboxylic acids is 1. The Morgan fingerprint density at radius 3 is 2.42 bits per heavy atom. The predicted molar refractivity (Wildman–Crippen MR) is 146 cm³/mol. The number of pyridine rings is 1. The summed E-state index contributed by atoms with van der Waals surface area (Å²) in [5, 5.41) is 13.3. The van der Waals surface area contributed by atoms with Gasteiger partial charge in [-0.25, -0.2) is 13.2 Å². The molecule has 0 radical (unpaired) electrons. The lowest BCUT2D eigenvalue weighted by atomic mass is 9.80. The van der Waals surface area contributed by atoms with Crippen molar-refractivity contribution in [3.63, 3.8) is 0 Å². The van der Waals surface area contributed by atoms with E-state index in [2.05, 4.69) is 24.1 Å². The number of aliphatic hydroxyl groups is 1. The quantitative estimate of drug-likeness (QED) is 0.215. The van der Waals surface area contributed by atoms with E-state index < -0.39 is 23.1 Å². The number of benzene rings is 2. The fraction of sp³-hybridized carbons (Fsp3) is 0.357. The van der Waals surface area contributed by atoms with Crippen LogP contribution in [0.3, 0.4) is 0 Å². The topological polar surface area (TPSA) is 82.5 Å². The summed E-state index contributed by atoms with van der Waals surface area (Å²) in [5.74, 6) is -2.64. The molecule has 1 amide bonds. The summed E-state index contributed by atoms with van der Waals surface area (Å²) in [4.78, 5) is 16.3. The van der Waals surface area contributed by atoms with E-state index in [1.807, 2.05) is 6.92 Å². The molecule has 0 aliphatic heterocycles. The molecule has 0 fully saturated rings. The van der Waals surface area contributed by atoms with E-state index in [4.69, 9.17) is 16.2 Å². The van der Waals surface area contributed by atoms with Gasteiger partial charge in [-0.1, -0.05) is 44.7 Å². The minimum atomic E-state index is -1.05. The van der Waals surface area contributed by atoms with Crippen LogP contribution < -0.4 is 5.32 Å². The van der Waals surface area contributed by atoms with Gasteiger partial charge in [-0.15, -0.1) is 0 Å². The Morgan fingerprint density at radius 1 is 1.11 bits per heavy atom. The third-order valence-electron chi connectivity index (χ3n) is 6.08. The minimum Gasteiger partial charge on any atom is -0.389 e. The third kappa shape index (κ3) is 9.62. The molecule has 206 valence electrons. The van der Waals surface area contributed by atoms with Crippen LogP contribution in [0.25, 0.3) is 0 Å². The molecule has 10 heteroatoms. The van der Waals surface area contributed by atoms with Crippen LogP contribution in [-0.4, -0.2) is 26.2 Å². The highest BCUT2D eigenvalue weighted by molar-refractivity contribution is 7.93. The molecule has 0 bridgehead atoms. The first-order valence-electron chi connectivity index (χ1n) is 12.2. The molecule has 5 nitrogen and oxygen atoms in total. The lowest BCUT2D eigenvalue weighted by Crippen LogP contribution is -2.37. The number of amides is 1. The maximum absolute atomic E-state index is 13.0. The molecule has 2 aromatic carbocycles. The molecule has 0 saturated heterocycles. The zero-order valence-electron chi connectivity index (χ0n) is 21.5. The van der Waals surface area contributed by atoms with Crippen molar-refractivity contribution in [3.8, 4) is 0 Å². The van der Waals surface area contributed by atoms with Gasteiger partial charge < -0.3 is 15.0 Å². The largest absolute Gasteiger partial charge is 0.389 e. The van der Waals surface area contributed by atoms with Gasteiger partial charge in [0.15, 0.2) is 11.6 Å². The molecule has 0 spiro atoms. The zero-order valence-corrected chi connectivity index (χ0v) is 23.1.